The van der Waals surface area contributed by atoms with Gasteiger partial charge < -0.3 is 10.5 Å². The number of amides is 1. The third-order valence-electron chi connectivity index (χ3n) is 3.74. The molecule has 1 aliphatic carbocycles. The first kappa shape index (κ1) is 12.7. The maximum absolute atomic E-state index is 11.1. The van der Waals surface area contributed by atoms with Crippen molar-refractivity contribution in [2.45, 2.75) is 18.9 Å². The summed E-state index contributed by atoms with van der Waals surface area (Å²) in [5.41, 5.74) is 7.56. The molecule has 0 saturated heterocycles. The molecule has 2 atom stereocenters. The lowest BCUT2D eigenvalue weighted by molar-refractivity contribution is -0.119. The highest BCUT2D eigenvalue weighted by molar-refractivity contribution is 5.81. The van der Waals surface area contributed by atoms with Crippen LogP contribution in [0.3, 0.4) is 0 Å². The Bertz CT molecular complexity index is 618. The number of nitrogens with zero attached hydrogens (tertiary/aromatic N) is 2. The average molecular weight is 271 g/mol. The zero-order chi connectivity index (χ0) is 14.1. The first-order chi connectivity index (χ1) is 9.67. The van der Waals surface area contributed by atoms with E-state index in [1.165, 1.54) is 0 Å². The SMILES string of the molecule is COc1ccc(Cn2cc(C3CC3C(N)=O)cn2)cc1. The number of nitrogens with two attached hydrogens (primary N) is 1. The summed E-state index contributed by atoms with van der Waals surface area (Å²) in [7, 11) is 1.65. The van der Waals surface area contributed by atoms with Crippen molar-refractivity contribution in [3.63, 3.8) is 0 Å². The average Bonchev–Trinajstić information content (AvgIpc) is 3.14. The fraction of sp³-hybridized carbons (Fsp3) is 0.333. The predicted octanol–water partition coefficient (Wildman–Crippen LogP) is 1.53. The molecule has 1 aromatic heterocycles. The molecule has 2 aromatic rings. The second kappa shape index (κ2) is 5.00. The number of ether oxygens (including phenoxy) is 1. The summed E-state index contributed by atoms with van der Waals surface area (Å²) >= 11 is 0. The second-order valence-corrected chi connectivity index (χ2v) is 5.17. The van der Waals surface area contributed by atoms with E-state index in [0.29, 0.717) is 6.54 Å². The smallest absolute Gasteiger partial charge is 0.221 e. The maximum Gasteiger partial charge on any atom is 0.221 e. The number of primary amides is 1. The van der Waals surface area contributed by atoms with Crippen LogP contribution >= 0.6 is 0 Å². The minimum absolute atomic E-state index is 0.00589. The van der Waals surface area contributed by atoms with Crippen LogP contribution in [0.1, 0.15) is 23.5 Å². The third-order valence-corrected chi connectivity index (χ3v) is 3.74. The molecule has 0 bridgehead atoms. The zero-order valence-corrected chi connectivity index (χ0v) is 11.3. The molecule has 0 spiro atoms. The minimum Gasteiger partial charge on any atom is -0.497 e. The van der Waals surface area contributed by atoms with Crippen molar-refractivity contribution in [1.29, 1.82) is 0 Å². The monoisotopic (exact) mass is 271 g/mol. The summed E-state index contributed by atoms with van der Waals surface area (Å²) in [4.78, 5) is 11.1. The molecule has 2 N–H and O–H groups in total. The summed E-state index contributed by atoms with van der Waals surface area (Å²) in [5.74, 6) is 0.890. The molecule has 1 fully saturated rings. The van der Waals surface area contributed by atoms with Gasteiger partial charge in [0.05, 0.1) is 19.9 Å². The Balaban J connectivity index is 1.66. The van der Waals surface area contributed by atoms with E-state index in [9.17, 15) is 4.79 Å². The minimum atomic E-state index is -0.210. The summed E-state index contributed by atoms with van der Waals surface area (Å²) in [6, 6.07) is 7.90. The predicted molar refractivity (Wildman–Crippen MR) is 74.4 cm³/mol. The summed E-state index contributed by atoms with van der Waals surface area (Å²) in [6.45, 7) is 0.706. The quantitative estimate of drug-likeness (QED) is 0.896. The number of rotatable bonds is 5. The van der Waals surface area contributed by atoms with E-state index in [0.717, 1.165) is 23.3 Å². The molecule has 0 radical (unpaired) electrons. The standard InChI is InChI=1S/C15H17N3O2/c1-20-12-4-2-10(3-5-12)8-18-9-11(7-17-18)13-6-14(13)15(16)19/h2-5,7,9,13-14H,6,8H2,1H3,(H2,16,19). The van der Waals surface area contributed by atoms with Crippen molar-refractivity contribution in [3.05, 3.63) is 47.8 Å². The van der Waals surface area contributed by atoms with Crippen LogP contribution in [0.2, 0.25) is 0 Å². The number of hydrogen-bond donors (Lipinski definition) is 1. The van der Waals surface area contributed by atoms with Crippen LogP contribution in [-0.2, 0) is 11.3 Å². The molecular weight excluding hydrogens is 254 g/mol. The number of aromatic nitrogens is 2. The molecule has 1 aromatic carbocycles. The number of benzene rings is 1. The lowest BCUT2D eigenvalue weighted by atomic mass is 10.2. The Hall–Kier alpha value is -2.30. The lowest BCUT2D eigenvalue weighted by Crippen LogP contribution is -2.13. The Kier molecular flexibility index (Phi) is 3.18. The van der Waals surface area contributed by atoms with Crippen LogP contribution in [-0.4, -0.2) is 22.8 Å². The van der Waals surface area contributed by atoms with Crippen molar-refractivity contribution in [1.82, 2.24) is 9.78 Å². The van der Waals surface area contributed by atoms with Crippen LogP contribution in [0.25, 0.3) is 0 Å². The summed E-state index contributed by atoms with van der Waals surface area (Å²) < 4.78 is 7.01. The van der Waals surface area contributed by atoms with Gasteiger partial charge >= 0.3 is 0 Å². The Morgan fingerprint density at radius 3 is 2.80 bits per heavy atom. The van der Waals surface area contributed by atoms with Gasteiger partial charge in [-0.15, -0.1) is 0 Å². The van der Waals surface area contributed by atoms with Gasteiger partial charge in [0.15, 0.2) is 0 Å². The van der Waals surface area contributed by atoms with Crippen molar-refractivity contribution >= 4 is 5.91 Å². The van der Waals surface area contributed by atoms with Gasteiger partial charge in [-0.25, -0.2) is 0 Å². The second-order valence-electron chi connectivity index (χ2n) is 5.17. The molecular formula is C15H17N3O2. The molecule has 1 saturated carbocycles. The molecule has 5 heteroatoms. The van der Waals surface area contributed by atoms with E-state index in [-0.39, 0.29) is 17.7 Å². The Morgan fingerprint density at radius 1 is 1.45 bits per heavy atom. The first-order valence-corrected chi connectivity index (χ1v) is 6.62. The zero-order valence-electron chi connectivity index (χ0n) is 11.3. The molecule has 1 amide bonds. The number of hydrogen-bond acceptors (Lipinski definition) is 3. The molecule has 3 rings (SSSR count). The van der Waals surface area contributed by atoms with Gasteiger partial charge in [-0.05, 0) is 35.6 Å². The van der Waals surface area contributed by atoms with E-state index in [2.05, 4.69) is 5.10 Å². The summed E-state index contributed by atoms with van der Waals surface area (Å²) in [6.07, 6.45) is 4.68. The van der Waals surface area contributed by atoms with Gasteiger partial charge in [-0.2, -0.15) is 5.10 Å². The highest BCUT2D eigenvalue weighted by Crippen LogP contribution is 2.46. The molecule has 5 nitrogen and oxygen atoms in total. The van der Waals surface area contributed by atoms with E-state index in [1.54, 1.807) is 7.11 Å². The highest BCUT2D eigenvalue weighted by Gasteiger charge is 2.43. The fourth-order valence-corrected chi connectivity index (χ4v) is 2.45. The molecule has 0 aliphatic heterocycles. The molecule has 20 heavy (non-hydrogen) atoms. The normalized spacial score (nSPS) is 20.6. The van der Waals surface area contributed by atoms with E-state index >= 15 is 0 Å². The van der Waals surface area contributed by atoms with Gasteiger partial charge in [-0.3, -0.25) is 9.48 Å². The van der Waals surface area contributed by atoms with Crippen molar-refractivity contribution < 1.29 is 9.53 Å². The van der Waals surface area contributed by atoms with Crippen molar-refractivity contribution in [2.75, 3.05) is 7.11 Å². The topological polar surface area (TPSA) is 70.1 Å². The van der Waals surface area contributed by atoms with Crippen LogP contribution in [0, 0.1) is 5.92 Å². The van der Waals surface area contributed by atoms with Crippen molar-refractivity contribution in [2.24, 2.45) is 11.7 Å². The van der Waals surface area contributed by atoms with Gasteiger partial charge in [-0.1, -0.05) is 12.1 Å². The summed E-state index contributed by atoms with van der Waals surface area (Å²) in [5, 5.41) is 4.34. The Labute approximate surface area is 117 Å². The Morgan fingerprint density at radius 2 is 2.20 bits per heavy atom. The fourth-order valence-electron chi connectivity index (χ4n) is 2.45. The highest BCUT2D eigenvalue weighted by atomic mass is 16.5. The lowest BCUT2D eigenvalue weighted by Gasteiger charge is -2.03. The van der Waals surface area contributed by atoms with Crippen LogP contribution in [0.5, 0.6) is 5.75 Å². The van der Waals surface area contributed by atoms with Gasteiger partial charge in [0.25, 0.3) is 0 Å². The first-order valence-electron chi connectivity index (χ1n) is 6.62. The van der Waals surface area contributed by atoms with Crippen LogP contribution < -0.4 is 10.5 Å². The van der Waals surface area contributed by atoms with Crippen LogP contribution in [0.4, 0.5) is 0 Å². The van der Waals surface area contributed by atoms with Gasteiger partial charge in [0.2, 0.25) is 5.91 Å². The van der Waals surface area contributed by atoms with E-state index < -0.39 is 0 Å². The number of carbonyl (C=O) groups is 1. The van der Waals surface area contributed by atoms with Crippen LogP contribution in [0.15, 0.2) is 36.7 Å². The largest absolute Gasteiger partial charge is 0.497 e. The van der Waals surface area contributed by atoms with E-state index in [4.69, 9.17) is 10.5 Å². The number of carbonyl (C=O) groups excluding carboxylic acids is 1. The molecule has 1 heterocycles. The van der Waals surface area contributed by atoms with Gasteiger partial charge in [0, 0.05) is 12.1 Å². The molecule has 2 unspecified atom stereocenters. The van der Waals surface area contributed by atoms with E-state index in [1.807, 2.05) is 41.3 Å². The molecule has 104 valence electrons. The van der Waals surface area contributed by atoms with Crippen molar-refractivity contribution in [3.8, 4) is 5.75 Å². The molecule has 1 aliphatic rings. The van der Waals surface area contributed by atoms with Gasteiger partial charge in [0.1, 0.15) is 5.75 Å². The third kappa shape index (κ3) is 2.52. The maximum atomic E-state index is 11.1. The number of methoxy groups -OCH3 is 1.